The van der Waals surface area contributed by atoms with E-state index in [2.05, 4.69) is 29.1 Å². The minimum Gasteiger partial charge on any atom is -0.344 e. The standard InChI is InChI=1S/C23H26N4O2/c1-14(2)12-20(21-24-18-10-6-7-11-19(18)25-21)26-22(28)15(3)27-13-16-8-4-5-9-17(16)23(27)29/h4-11,14-15,20H,12-13H2,1-3H3,(H,24,25)(H,26,28)/t15-,20+/m1/s1. The fourth-order valence-electron chi connectivity index (χ4n) is 3.87. The molecule has 3 aromatic rings. The molecule has 1 aliphatic rings. The Kier molecular flexibility index (Phi) is 5.09. The molecular formula is C23H26N4O2. The number of nitrogens with one attached hydrogen (secondary N) is 2. The Balaban J connectivity index is 1.53. The van der Waals surface area contributed by atoms with Crippen molar-refractivity contribution in [3.05, 3.63) is 65.5 Å². The Labute approximate surface area is 170 Å². The van der Waals surface area contributed by atoms with Crippen LogP contribution in [0.3, 0.4) is 0 Å². The Hall–Kier alpha value is -3.15. The van der Waals surface area contributed by atoms with E-state index in [9.17, 15) is 9.59 Å². The van der Waals surface area contributed by atoms with E-state index in [4.69, 9.17) is 0 Å². The summed E-state index contributed by atoms with van der Waals surface area (Å²) >= 11 is 0. The molecule has 4 rings (SSSR count). The number of fused-ring (bicyclic) bond motifs is 2. The first-order valence-corrected chi connectivity index (χ1v) is 10.1. The van der Waals surface area contributed by atoms with Crippen molar-refractivity contribution in [1.29, 1.82) is 0 Å². The fourth-order valence-corrected chi connectivity index (χ4v) is 3.87. The summed E-state index contributed by atoms with van der Waals surface area (Å²) in [5, 5.41) is 3.12. The number of aromatic amines is 1. The van der Waals surface area contributed by atoms with Gasteiger partial charge in [-0.3, -0.25) is 9.59 Å². The van der Waals surface area contributed by atoms with Gasteiger partial charge in [0.15, 0.2) is 0 Å². The fraction of sp³-hybridized carbons (Fsp3) is 0.348. The zero-order chi connectivity index (χ0) is 20.5. The van der Waals surface area contributed by atoms with Crippen LogP contribution in [0.4, 0.5) is 0 Å². The molecule has 150 valence electrons. The Morgan fingerprint density at radius 1 is 1.14 bits per heavy atom. The molecular weight excluding hydrogens is 364 g/mol. The van der Waals surface area contributed by atoms with Gasteiger partial charge in [-0.2, -0.15) is 0 Å². The molecule has 0 fully saturated rings. The summed E-state index contributed by atoms with van der Waals surface area (Å²) in [4.78, 5) is 35.4. The summed E-state index contributed by atoms with van der Waals surface area (Å²) in [6.45, 7) is 6.48. The first kappa shape index (κ1) is 19.2. The van der Waals surface area contributed by atoms with Gasteiger partial charge in [-0.1, -0.05) is 44.2 Å². The van der Waals surface area contributed by atoms with Crippen molar-refractivity contribution in [1.82, 2.24) is 20.2 Å². The van der Waals surface area contributed by atoms with Gasteiger partial charge < -0.3 is 15.2 Å². The van der Waals surface area contributed by atoms with Crippen LogP contribution in [0.5, 0.6) is 0 Å². The minimum atomic E-state index is -0.561. The number of hydrogen-bond donors (Lipinski definition) is 2. The second-order valence-electron chi connectivity index (χ2n) is 8.10. The highest BCUT2D eigenvalue weighted by atomic mass is 16.2. The van der Waals surface area contributed by atoms with Crippen LogP contribution in [0.15, 0.2) is 48.5 Å². The topological polar surface area (TPSA) is 78.1 Å². The van der Waals surface area contributed by atoms with Gasteiger partial charge in [0.25, 0.3) is 5.91 Å². The normalized spacial score (nSPS) is 15.6. The number of rotatable bonds is 6. The smallest absolute Gasteiger partial charge is 0.255 e. The summed E-state index contributed by atoms with van der Waals surface area (Å²) in [6, 6.07) is 14.6. The van der Waals surface area contributed by atoms with Crippen LogP contribution in [-0.2, 0) is 11.3 Å². The maximum absolute atomic E-state index is 13.1. The first-order chi connectivity index (χ1) is 13.9. The van der Waals surface area contributed by atoms with E-state index in [1.807, 2.05) is 48.5 Å². The van der Waals surface area contributed by atoms with Gasteiger partial charge in [-0.15, -0.1) is 0 Å². The minimum absolute atomic E-state index is 0.0904. The third-order valence-electron chi connectivity index (χ3n) is 5.46. The van der Waals surface area contributed by atoms with Gasteiger partial charge in [0, 0.05) is 12.1 Å². The van der Waals surface area contributed by atoms with E-state index in [-0.39, 0.29) is 17.9 Å². The van der Waals surface area contributed by atoms with Crippen LogP contribution in [0.1, 0.15) is 55.0 Å². The second-order valence-corrected chi connectivity index (χ2v) is 8.10. The predicted molar refractivity (Wildman–Crippen MR) is 112 cm³/mol. The SMILES string of the molecule is CC(C)C[C@H](NC(=O)[C@@H](C)N1Cc2ccccc2C1=O)c1nc2ccccc2[nH]1. The van der Waals surface area contributed by atoms with Crippen molar-refractivity contribution in [2.45, 2.75) is 45.8 Å². The molecule has 0 spiro atoms. The zero-order valence-electron chi connectivity index (χ0n) is 17.0. The molecule has 0 unspecified atom stereocenters. The van der Waals surface area contributed by atoms with Crippen LogP contribution >= 0.6 is 0 Å². The highest BCUT2D eigenvalue weighted by molar-refractivity contribution is 6.01. The second kappa shape index (κ2) is 7.70. The number of benzene rings is 2. The number of amides is 2. The molecule has 2 aromatic carbocycles. The molecule has 1 aromatic heterocycles. The summed E-state index contributed by atoms with van der Waals surface area (Å²) in [5.41, 5.74) is 3.48. The molecule has 2 amide bonds. The predicted octanol–water partition coefficient (Wildman–Crippen LogP) is 3.81. The van der Waals surface area contributed by atoms with Crippen LogP contribution in [-0.4, -0.2) is 32.7 Å². The lowest BCUT2D eigenvalue weighted by molar-refractivity contribution is -0.126. The number of H-pyrrole nitrogens is 1. The van der Waals surface area contributed by atoms with Crippen LogP contribution in [0.25, 0.3) is 11.0 Å². The van der Waals surface area contributed by atoms with E-state index in [1.165, 1.54) is 0 Å². The average molecular weight is 390 g/mol. The van der Waals surface area contributed by atoms with E-state index >= 15 is 0 Å². The third-order valence-corrected chi connectivity index (χ3v) is 5.46. The molecule has 0 bridgehead atoms. The molecule has 2 heterocycles. The highest BCUT2D eigenvalue weighted by Gasteiger charge is 2.34. The van der Waals surface area contributed by atoms with Crippen molar-refractivity contribution in [3.63, 3.8) is 0 Å². The van der Waals surface area contributed by atoms with Gasteiger partial charge in [0.05, 0.1) is 17.1 Å². The molecule has 0 saturated heterocycles. The van der Waals surface area contributed by atoms with Crippen molar-refractivity contribution in [2.75, 3.05) is 0 Å². The summed E-state index contributed by atoms with van der Waals surface area (Å²) in [5.74, 6) is 0.864. The van der Waals surface area contributed by atoms with E-state index in [0.717, 1.165) is 28.8 Å². The summed E-state index contributed by atoms with van der Waals surface area (Å²) in [7, 11) is 0. The number of carbonyl (C=O) groups is 2. The molecule has 6 heteroatoms. The number of nitrogens with zero attached hydrogens (tertiary/aromatic N) is 2. The quantitative estimate of drug-likeness (QED) is 0.672. The van der Waals surface area contributed by atoms with Crippen LogP contribution < -0.4 is 5.32 Å². The number of para-hydroxylation sites is 2. The van der Waals surface area contributed by atoms with E-state index in [1.54, 1.807) is 11.8 Å². The molecule has 2 N–H and O–H groups in total. The maximum atomic E-state index is 13.1. The molecule has 2 atom stereocenters. The van der Waals surface area contributed by atoms with Crippen LogP contribution in [0, 0.1) is 5.92 Å². The lowest BCUT2D eigenvalue weighted by atomic mass is 10.0. The number of aromatic nitrogens is 2. The Morgan fingerprint density at radius 2 is 1.86 bits per heavy atom. The summed E-state index contributed by atoms with van der Waals surface area (Å²) in [6.07, 6.45) is 0.756. The lowest BCUT2D eigenvalue weighted by Crippen LogP contribution is -2.46. The van der Waals surface area contributed by atoms with Gasteiger partial charge in [-0.25, -0.2) is 4.98 Å². The van der Waals surface area contributed by atoms with Gasteiger partial charge in [-0.05, 0) is 43.0 Å². The first-order valence-electron chi connectivity index (χ1n) is 10.1. The molecule has 1 aliphatic heterocycles. The van der Waals surface area contributed by atoms with E-state index < -0.39 is 6.04 Å². The van der Waals surface area contributed by atoms with Gasteiger partial charge in [0.2, 0.25) is 5.91 Å². The van der Waals surface area contributed by atoms with E-state index in [0.29, 0.717) is 18.0 Å². The average Bonchev–Trinajstić information content (AvgIpc) is 3.28. The Bertz CT molecular complexity index is 1020. The molecule has 0 aliphatic carbocycles. The van der Waals surface area contributed by atoms with Crippen molar-refractivity contribution < 1.29 is 9.59 Å². The number of imidazole rings is 1. The lowest BCUT2D eigenvalue weighted by Gasteiger charge is -2.26. The maximum Gasteiger partial charge on any atom is 0.255 e. The summed E-state index contributed by atoms with van der Waals surface area (Å²) < 4.78 is 0. The van der Waals surface area contributed by atoms with Gasteiger partial charge >= 0.3 is 0 Å². The monoisotopic (exact) mass is 390 g/mol. The number of hydrogen-bond acceptors (Lipinski definition) is 3. The van der Waals surface area contributed by atoms with Crippen molar-refractivity contribution in [3.8, 4) is 0 Å². The van der Waals surface area contributed by atoms with Crippen LogP contribution in [0.2, 0.25) is 0 Å². The largest absolute Gasteiger partial charge is 0.344 e. The zero-order valence-corrected chi connectivity index (χ0v) is 17.0. The van der Waals surface area contributed by atoms with Crippen molar-refractivity contribution >= 4 is 22.8 Å². The third kappa shape index (κ3) is 3.75. The molecule has 6 nitrogen and oxygen atoms in total. The van der Waals surface area contributed by atoms with Gasteiger partial charge in [0.1, 0.15) is 11.9 Å². The highest BCUT2D eigenvalue weighted by Crippen LogP contribution is 2.26. The Morgan fingerprint density at radius 3 is 2.59 bits per heavy atom. The molecule has 0 radical (unpaired) electrons. The molecule has 29 heavy (non-hydrogen) atoms. The number of carbonyl (C=O) groups excluding carboxylic acids is 2. The molecule has 0 saturated carbocycles. The van der Waals surface area contributed by atoms with Crippen molar-refractivity contribution in [2.24, 2.45) is 5.92 Å².